The first-order chi connectivity index (χ1) is 16.5. The molecule has 4 aliphatic rings. The summed E-state index contributed by atoms with van der Waals surface area (Å²) >= 11 is 0. The number of aliphatic carboxylic acids is 1. The van der Waals surface area contributed by atoms with Gasteiger partial charge in [0, 0.05) is 19.4 Å². The van der Waals surface area contributed by atoms with Gasteiger partial charge in [0.05, 0.1) is 18.3 Å². The largest absolute Gasteiger partial charge is 0.481 e. The summed E-state index contributed by atoms with van der Waals surface area (Å²) in [6.45, 7) is 7.18. The van der Waals surface area contributed by atoms with Gasteiger partial charge >= 0.3 is 5.97 Å². The van der Waals surface area contributed by atoms with Crippen molar-refractivity contribution in [3.8, 4) is 0 Å². The number of aliphatic hydroxyl groups excluding tert-OH is 3. The Kier molecular flexibility index (Phi) is 7.90. The molecule has 5 N–H and O–H groups in total. The maximum atomic E-state index is 12.3. The van der Waals surface area contributed by atoms with Crippen LogP contribution < -0.4 is 5.32 Å². The summed E-state index contributed by atoms with van der Waals surface area (Å²) in [4.78, 5) is 22.9. The Bertz CT molecular complexity index is 789. The van der Waals surface area contributed by atoms with Gasteiger partial charge in [-0.3, -0.25) is 9.59 Å². The number of carbonyl (C=O) groups is 2. The lowest BCUT2D eigenvalue weighted by atomic mass is 9.43. The molecule has 0 saturated heterocycles. The molecule has 0 heterocycles. The molecule has 4 fully saturated rings. The highest BCUT2D eigenvalue weighted by molar-refractivity contribution is 5.75. The summed E-state index contributed by atoms with van der Waals surface area (Å²) in [6, 6.07) is 0. The number of rotatable bonds is 8. The van der Waals surface area contributed by atoms with E-state index in [1.807, 2.05) is 0 Å². The van der Waals surface area contributed by atoms with Gasteiger partial charge in [0.1, 0.15) is 0 Å². The van der Waals surface area contributed by atoms with Gasteiger partial charge in [-0.15, -0.1) is 0 Å². The first-order valence-corrected chi connectivity index (χ1v) is 14.0. The van der Waals surface area contributed by atoms with E-state index in [1.165, 1.54) is 0 Å². The molecule has 0 aromatic rings. The lowest BCUT2D eigenvalue weighted by Gasteiger charge is -2.63. The molecule has 7 heteroatoms. The van der Waals surface area contributed by atoms with Crippen molar-refractivity contribution in [3.05, 3.63) is 0 Å². The first kappa shape index (κ1) is 26.9. The van der Waals surface area contributed by atoms with Gasteiger partial charge in [-0.1, -0.05) is 20.8 Å². The smallest absolute Gasteiger partial charge is 0.303 e. The Balaban J connectivity index is 1.41. The quantitative estimate of drug-likeness (QED) is 0.330. The van der Waals surface area contributed by atoms with E-state index in [0.29, 0.717) is 37.1 Å². The Morgan fingerprint density at radius 2 is 1.74 bits per heavy atom. The number of nitrogens with one attached hydrogen (secondary N) is 1. The van der Waals surface area contributed by atoms with Gasteiger partial charge in [-0.05, 0) is 104 Å². The lowest BCUT2D eigenvalue weighted by molar-refractivity contribution is -0.207. The van der Waals surface area contributed by atoms with Gasteiger partial charge in [-0.25, -0.2) is 0 Å². The van der Waals surface area contributed by atoms with Crippen molar-refractivity contribution >= 4 is 11.9 Å². The minimum Gasteiger partial charge on any atom is -0.481 e. The normalized spacial score (nSPS) is 45.7. The van der Waals surface area contributed by atoms with E-state index in [9.17, 15) is 24.9 Å². The van der Waals surface area contributed by atoms with Crippen LogP contribution in [0.1, 0.15) is 91.4 Å². The zero-order valence-corrected chi connectivity index (χ0v) is 21.8. The Hall–Kier alpha value is -1.18. The van der Waals surface area contributed by atoms with Crippen LogP contribution in [0, 0.1) is 46.3 Å². The molecule has 35 heavy (non-hydrogen) atoms. The number of fused-ring (bicyclic) bond motifs is 5. The van der Waals surface area contributed by atoms with Crippen LogP contribution in [0.25, 0.3) is 0 Å². The van der Waals surface area contributed by atoms with Crippen LogP contribution in [0.2, 0.25) is 0 Å². The number of hydrogen-bond acceptors (Lipinski definition) is 5. The third-order valence-electron chi connectivity index (χ3n) is 11.2. The summed E-state index contributed by atoms with van der Waals surface area (Å²) in [5.41, 5.74) is -0.176. The van der Waals surface area contributed by atoms with Crippen LogP contribution in [0.4, 0.5) is 0 Å². The zero-order chi connectivity index (χ0) is 25.5. The van der Waals surface area contributed by atoms with E-state index in [4.69, 9.17) is 5.11 Å². The molecular weight excluding hydrogens is 446 g/mol. The third-order valence-corrected chi connectivity index (χ3v) is 11.2. The van der Waals surface area contributed by atoms with Gasteiger partial charge in [0.25, 0.3) is 0 Å². The van der Waals surface area contributed by atoms with Gasteiger partial charge in [0.2, 0.25) is 5.91 Å². The lowest BCUT2D eigenvalue weighted by Crippen LogP contribution is -2.62. The highest BCUT2D eigenvalue weighted by Crippen LogP contribution is 2.68. The molecule has 0 aromatic carbocycles. The van der Waals surface area contributed by atoms with Crippen LogP contribution >= 0.6 is 0 Å². The van der Waals surface area contributed by atoms with E-state index in [0.717, 1.165) is 51.4 Å². The molecular formula is C28H47NO6. The predicted molar refractivity (Wildman–Crippen MR) is 132 cm³/mol. The van der Waals surface area contributed by atoms with Crippen molar-refractivity contribution in [2.75, 3.05) is 6.54 Å². The van der Waals surface area contributed by atoms with Gasteiger partial charge < -0.3 is 25.7 Å². The van der Waals surface area contributed by atoms with Crippen LogP contribution in [0.3, 0.4) is 0 Å². The second kappa shape index (κ2) is 10.3. The van der Waals surface area contributed by atoms with Crippen molar-refractivity contribution < 1.29 is 30.0 Å². The fourth-order valence-corrected chi connectivity index (χ4v) is 9.25. The fraction of sp³-hybridized carbons (Fsp3) is 0.929. The molecule has 0 radical (unpaired) electrons. The molecule has 11 atom stereocenters. The first-order valence-electron chi connectivity index (χ1n) is 14.0. The highest BCUT2D eigenvalue weighted by Gasteiger charge is 2.65. The monoisotopic (exact) mass is 493 g/mol. The predicted octanol–water partition coefficient (Wildman–Crippen LogP) is 3.35. The standard InChI is InChI=1S/C28H47NO6/c1-16(6-9-24(33)29-12-4-5-25(34)35)19-7-8-20-26-21(15-23(32)28(19,20)3)27(2)11-10-18(30)13-17(27)14-22(26)31/h16-23,26,30-32H,4-15H2,1-3H3,(H,29,33)(H,34,35)/t16-,17+,18-,19-,20+,21+,22-,23+,26+,27+,28-/m1/s1. The number of carboxylic acid groups (broad SMARTS) is 1. The topological polar surface area (TPSA) is 127 Å². The molecule has 7 nitrogen and oxygen atoms in total. The second-order valence-corrected chi connectivity index (χ2v) is 12.9. The van der Waals surface area contributed by atoms with Crippen molar-refractivity contribution in [1.29, 1.82) is 0 Å². The highest BCUT2D eigenvalue weighted by atomic mass is 16.4. The SMILES string of the molecule is C[C@H](CCC(=O)NCCCC(=O)O)[C@H]1CC[C@H]2[C@@H]3[C@H](O)C[C@@H]4C[C@H](O)CC[C@]4(C)[C@H]3C[C@H](O)[C@]12C. The van der Waals surface area contributed by atoms with Crippen molar-refractivity contribution in [3.63, 3.8) is 0 Å². The maximum absolute atomic E-state index is 12.3. The molecule has 0 aliphatic heterocycles. The van der Waals surface area contributed by atoms with Crippen molar-refractivity contribution in [2.45, 2.75) is 110 Å². The molecule has 4 saturated carbocycles. The zero-order valence-electron chi connectivity index (χ0n) is 21.8. The molecule has 0 aromatic heterocycles. The minimum atomic E-state index is -0.848. The Morgan fingerprint density at radius 1 is 1.00 bits per heavy atom. The van der Waals surface area contributed by atoms with E-state index >= 15 is 0 Å². The van der Waals surface area contributed by atoms with Crippen LogP contribution in [-0.4, -0.2) is 57.2 Å². The Morgan fingerprint density at radius 3 is 2.46 bits per heavy atom. The van der Waals surface area contributed by atoms with Crippen molar-refractivity contribution in [1.82, 2.24) is 5.32 Å². The molecule has 200 valence electrons. The number of hydrogen-bond donors (Lipinski definition) is 5. The molecule has 0 bridgehead atoms. The number of carbonyl (C=O) groups excluding carboxylic acids is 1. The number of amides is 1. The molecule has 0 spiro atoms. The summed E-state index contributed by atoms with van der Waals surface area (Å²) in [5, 5.41) is 44.9. The van der Waals surface area contributed by atoms with E-state index < -0.39 is 12.1 Å². The summed E-state index contributed by atoms with van der Waals surface area (Å²) in [5.74, 6) is 0.824. The number of aliphatic hydroxyl groups is 3. The van der Waals surface area contributed by atoms with E-state index in [2.05, 4.69) is 26.1 Å². The van der Waals surface area contributed by atoms with Gasteiger partial charge in [0.15, 0.2) is 0 Å². The summed E-state index contributed by atoms with van der Waals surface area (Å²) in [7, 11) is 0. The second-order valence-electron chi connectivity index (χ2n) is 12.9. The average molecular weight is 494 g/mol. The summed E-state index contributed by atoms with van der Waals surface area (Å²) in [6.07, 6.45) is 6.72. The van der Waals surface area contributed by atoms with Crippen LogP contribution in [0.15, 0.2) is 0 Å². The Labute approximate surface area is 210 Å². The van der Waals surface area contributed by atoms with E-state index in [1.54, 1.807) is 0 Å². The van der Waals surface area contributed by atoms with E-state index in [-0.39, 0.29) is 53.1 Å². The minimum absolute atomic E-state index is 0.0349. The maximum Gasteiger partial charge on any atom is 0.303 e. The van der Waals surface area contributed by atoms with Crippen LogP contribution in [0.5, 0.6) is 0 Å². The fourth-order valence-electron chi connectivity index (χ4n) is 9.25. The van der Waals surface area contributed by atoms with Crippen LogP contribution in [-0.2, 0) is 9.59 Å². The summed E-state index contributed by atoms with van der Waals surface area (Å²) < 4.78 is 0. The van der Waals surface area contributed by atoms with Crippen molar-refractivity contribution in [2.24, 2.45) is 46.3 Å². The number of carboxylic acids is 1. The molecule has 1 amide bonds. The average Bonchev–Trinajstić information content (AvgIpc) is 3.15. The molecule has 4 aliphatic carbocycles. The van der Waals surface area contributed by atoms with Gasteiger partial charge in [-0.2, -0.15) is 0 Å². The third kappa shape index (κ3) is 4.89. The molecule has 0 unspecified atom stereocenters. The molecule has 4 rings (SSSR count).